The average Bonchev–Trinajstić information content (AvgIpc) is 2.07. The molecule has 0 amide bonds. The van der Waals surface area contributed by atoms with E-state index < -0.39 is 5.97 Å². The number of aliphatic carboxylic acids is 1. The van der Waals surface area contributed by atoms with Gasteiger partial charge in [0.15, 0.2) is 0 Å². The Labute approximate surface area is 75.3 Å². The lowest BCUT2D eigenvalue weighted by atomic mass is 10.1. The monoisotopic (exact) mass is 180 g/mol. The van der Waals surface area contributed by atoms with Crippen molar-refractivity contribution < 1.29 is 14.3 Å². The van der Waals surface area contributed by atoms with Crippen molar-refractivity contribution in [2.75, 3.05) is 0 Å². The molecule has 0 unspecified atom stereocenters. The minimum Gasteiger partial charge on any atom is -0.478 e. The van der Waals surface area contributed by atoms with E-state index in [1.807, 2.05) is 0 Å². The number of carbonyl (C=O) groups is 1. The molecule has 13 heavy (non-hydrogen) atoms. The molecule has 3 heteroatoms. The largest absolute Gasteiger partial charge is 0.478 e. The third-order valence-corrected chi connectivity index (χ3v) is 1.63. The van der Waals surface area contributed by atoms with Gasteiger partial charge in [-0.2, -0.15) is 0 Å². The van der Waals surface area contributed by atoms with Crippen LogP contribution in [0.5, 0.6) is 0 Å². The zero-order valence-electron chi connectivity index (χ0n) is 7.12. The van der Waals surface area contributed by atoms with Crippen molar-refractivity contribution in [2.45, 2.75) is 6.92 Å². The summed E-state index contributed by atoms with van der Waals surface area (Å²) in [6.45, 7) is 1.63. The Kier molecular flexibility index (Phi) is 2.80. The number of aryl methyl sites for hydroxylation is 1. The highest BCUT2D eigenvalue weighted by Crippen LogP contribution is 2.12. The third kappa shape index (κ3) is 2.40. The zero-order chi connectivity index (χ0) is 9.84. The Morgan fingerprint density at radius 3 is 2.85 bits per heavy atom. The molecular weight excluding hydrogens is 171 g/mol. The van der Waals surface area contributed by atoms with E-state index in [0.717, 1.165) is 6.08 Å². The van der Waals surface area contributed by atoms with Crippen molar-refractivity contribution in [1.29, 1.82) is 0 Å². The third-order valence-electron chi connectivity index (χ3n) is 1.63. The fourth-order valence-electron chi connectivity index (χ4n) is 0.960. The summed E-state index contributed by atoms with van der Waals surface area (Å²) in [6, 6.07) is 4.84. The van der Waals surface area contributed by atoms with E-state index in [2.05, 4.69) is 0 Å². The Bertz CT molecular complexity index is 356. The molecule has 0 heterocycles. The average molecular weight is 180 g/mol. The van der Waals surface area contributed by atoms with E-state index in [1.54, 1.807) is 19.1 Å². The van der Waals surface area contributed by atoms with E-state index in [1.165, 1.54) is 12.1 Å². The van der Waals surface area contributed by atoms with Gasteiger partial charge in [-0.3, -0.25) is 0 Å². The normalized spacial score (nSPS) is 10.6. The van der Waals surface area contributed by atoms with Crippen LogP contribution >= 0.6 is 0 Å². The number of carboxylic acid groups (broad SMARTS) is 1. The van der Waals surface area contributed by atoms with Crippen molar-refractivity contribution in [3.63, 3.8) is 0 Å². The molecule has 1 aromatic rings. The standard InChI is InChI=1S/C10H9FO2/c1-7-3-2-4-8(10(7)11)5-6-9(12)13/h2-6H,1H3,(H,12,13)/b6-5+. The van der Waals surface area contributed by atoms with Crippen LogP contribution in [0.15, 0.2) is 24.3 Å². The van der Waals surface area contributed by atoms with Crippen LogP contribution in [-0.4, -0.2) is 11.1 Å². The van der Waals surface area contributed by atoms with Crippen LogP contribution < -0.4 is 0 Å². The van der Waals surface area contributed by atoms with Gasteiger partial charge in [0, 0.05) is 11.6 Å². The number of carboxylic acids is 1. The highest BCUT2D eigenvalue weighted by molar-refractivity contribution is 5.85. The molecule has 1 rings (SSSR count). The second kappa shape index (κ2) is 3.85. The first kappa shape index (κ1) is 9.45. The maximum absolute atomic E-state index is 13.2. The molecule has 2 nitrogen and oxygen atoms in total. The summed E-state index contributed by atoms with van der Waals surface area (Å²) in [5.41, 5.74) is 0.801. The second-order valence-corrected chi connectivity index (χ2v) is 2.65. The van der Waals surface area contributed by atoms with Crippen molar-refractivity contribution in [3.8, 4) is 0 Å². The molecule has 0 aromatic heterocycles. The molecule has 0 radical (unpaired) electrons. The lowest BCUT2D eigenvalue weighted by Crippen LogP contribution is -1.89. The maximum atomic E-state index is 13.2. The van der Waals surface area contributed by atoms with Crippen LogP contribution in [0.2, 0.25) is 0 Å². The van der Waals surface area contributed by atoms with E-state index >= 15 is 0 Å². The predicted molar refractivity (Wildman–Crippen MR) is 47.8 cm³/mol. The van der Waals surface area contributed by atoms with Gasteiger partial charge in [-0.15, -0.1) is 0 Å². The summed E-state index contributed by atoms with van der Waals surface area (Å²) < 4.78 is 13.2. The van der Waals surface area contributed by atoms with Crippen LogP contribution in [0, 0.1) is 12.7 Å². The summed E-state index contributed by atoms with van der Waals surface area (Å²) in [7, 11) is 0. The number of hydrogen-bond acceptors (Lipinski definition) is 1. The molecule has 0 aliphatic carbocycles. The van der Waals surface area contributed by atoms with Crippen molar-refractivity contribution in [3.05, 3.63) is 41.2 Å². The molecular formula is C10H9FO2. The molecule has 0 aliphatic rings. The topological polar surface area (TPSA) is 37.3 Å². The molecule has 0 saturated carbocycles. The van der Waals surface area contributed by atoms with E-state index in [4.69, 9.17) is 5.11 Å². The molecule has 0 aliphatic heterocycles. The van der Waals surface area contributed by atoms with Gasteiger partial charge in [0.1, 0.15) is 5.82 Å². The summed E-state index contributed by atoms with van der Waals surface area (Å²) in [5.74, 6) is -1.46. The minimum absolute atomic E-state index is 0.294. The quantitative estimate of drug-likeness (QED) is 0.708. The summed E-state index contributed by atoms with van der Waals surface area (Å²) >= 11 is 0. The maximum Gasteiger partial charge on any atom is 0.328 e. The molecule has 0 bridgehead atoms. The van der Waals surface area contributed by atoms with Gasteiger partial charge in [0.05, 0.1) is 0 Å². The number of rotatable bonds is 2. The molecule has 68 valence electrons. The number of halogens is 1. The lowest BCUT2D eigenvalue weighted by Gasteiger charge is -1.98. The summed E-state index contributed by atoms with van der Waals surface area (Å²) in [4.78, 5) is 10.2. The highest BCUT2D eigenvalue weighted by Gasteiger charge is 2.00. The van der Waals surface area contributed by atoms with Crippen LogP contribution in [0.3, 0.4) is 0 Å². The Morgan fingerprint density at radius 2 is 2.23 bits per heavy atom. The first-order valence-corrected chi connectivity index (χ1v) is 3.77. The van der Waals surface area contributed by atoms with Gasteiger partial charge in [-0.05, 0) is 18.6 Å². The first-order valence-electron chi connectivity index (χ1n) is 3.77. The highest BCUT2D eigenvalue weighted by atomic mass is 19.1. The van der Waals surface area contributed by atoms with Crippen molar-refractivity contribution in [2.24, 2.45) is 0 Å². The first-order chi connectivity index (χ1) is 6.11. The van der Waals surface area contributed by atoms with Crippen molar-refractivity contribution in [1.82, 2.24) is 0 Å². The van der Waals surface area contributed by atoms with Crippen LogP contribution in [0.1, 0.15) is 11.1 Å². The van der Waals surface area contributed by atoms with E-state index in [0.29, 0.717) is 11.1 Å². The van der Waals surface area contributed by atoms with Crippen molar-refractivity contribution >= 4 is 12.0 Å². The van der Waals surface area contributed by atoms with Crippen LogP contribution in [-0.2, 0) is 4.79 Å². The van der Waals surface area contributed by atoms with Crippen LogP contribution in [0.25, 0.3) is 6.08 Å². The fourth-order valence-corrected chi connectivity index (χ4v) is 0.960. The molecule has 0 saturated heterocycles. The summed E-state index contributed by atoms with van der Waals surface area (Å²) in [6.07, 6.45) is 2.16. The van der Waals surface area contributed by atoms with Crippen LogP contribution in [0.4, 0.5) is 4.39 Å². The zero-order valence-corrected chi connectivity index (χ0v) is 7.12. The van der Waals surface area contributed by atoms with Gasteiger partial charge in [0.2, 0.25) is 0 Å². The lowest BCUT2D eigenvalue weighted by molar-refractivity contribution is -0.131. The molecule has 1 N–H and O–H groups in total. The van der Waals surface area contributed by atoms with Gasteiger partial charge in [-0.25, -0.2) is 9.18 Å². The van der Waals surface area contributed by atoms with Gasteiger partial charge in [0.25, 0.3) is 0 Å². The Hall–Kier alpha value is -1.64. The fraction of sp³-hybridized carbons (Fsp3) is 0.100. The molecule has 0 spiro atoms. The predicted octanol–water partition coefficient (Wildman–Crippen LogP) is 2.23. The number of benzene rings is 1. The van der Waals surface area contributed by atoms with Gasteiger partial charge < -0.3 is 5.11 Å². The summed E-state index contributed by atoms with van der Waals surface area (Å²) in [5, 5.41) is 8.33. The van der Waals surface area contributed by atoms with E-state index in [9.17, 15) is 9.18 Å². The smallest absolute Gasteiger partial charge is 0.328 e. The van der Waals surface area contributed by atoms with Gasteiger partial charge >= 0.3 is 5.97 Å². The molecule has 0 atom stereocenters. The number of hydrogen-bond donors (Lipinski definition) is 1. The van der Waals surface area contributed by atoms with E-state index in [-0.39, 0.29) is 5.82 Å². The van der Waals surface area contributed by atoms with Gasteiger partial charge in [-0.1, -0.05) is 18.2 Å². The molecule has 1 aromatic carbocycles. The Balaban J connectivity index is 3.02. The molecule has 0 fully saturated rings. The minimum atomic E-state index is -1.08. The Morgan fingerprint density at radius 1 is 1.54 bits per heavy atom. The SMILES string of the molecule is Cc1cccc(/C=C/C(=O)O)c1F. The second-order valence-electron chi connectivity index (χ2n) is 2.65.